The molecule has 4 nitrogen and oxygen atoms in total. The quantitative estimate of drug-likeness (QED) is 0.922. The molecule has 0 aromatic carbocycles. The molecule has 1 saturated heterocycles. The third-order valence-corrected chi connectivity index (χ3v) is 3.95. The van der Waals surface area contributed by atoms with Crippen LogP contribution < -0.4 is 0 Å². The van der Waals surface area contributed by atoms with Crippen molar-refractivity contribution >= 4 is 0 Å². The van der Waals surface area contributed by atoms with E-state index < -0.39 is 11.8 Å². The van der Waals surface area contributed by atoms with Gasteiger partial charge in [-0.05, 0) is 33.2 Å². The first kappa shape index (κ1) is 15.3. The Balaban J connectivity index is 2.03. The summed E-state index contributed by atoms with van der Waals surface area (Å²) in [5.41, 5.74) is -2.67. The number of β-amino-alcohol motifs (C(OH)–C–C–N with tert-alkyl or cyclic N) is 1. The average Bonchev–Trinajstić information content (AvgIpc) is 2.89. The summed E-state index contributed by atoms with van der Waals surface area (Å²) in [5.74, 6) is 0.847. The van der Waals surface area contributed by atoms with Crippen molar-refractivity contribution in [1.29, 1.82) is 0 Å². The Kier molecular flexibility index (Phi) is 4.11. The lowest BCUT2D eigenvalue weighted by atomic mass is 10.1. The monoisotopic (exact) mass is 291 g/mol. The maximum atomic E-state index is 12.8. The maximum Gasteiger partial charge on any atom is 0.418 e. The first-order valence-electron chi connectivity index (χ1n) is 6.71. The summed E-state index contributed by atoms with van der Waals surface area (Å²) in [5, 5.41) is 9.62. The van der Waals surface area contributed by atoms with Gasteiger partial charge in [-0.15, -0.1) is 0 Å². The van der Waals surface area contributed by atoms with E-state index in [1.165, 1.54) is 0 Å². The molecule has 20 heavy (non-hydrogen) atoms. The van der Waals surface area contributed by atoms with E-state index in [0.717, 1.165) is 25.6 Å². The van der Waals surface area contributed by atoms with E-state index in [1.807, 2.05) is 17.7 Å². The summed E-state index contributed by atoms with van der Waals surface area (Å²) in [6.45, 7) is 3.52. The van der Waals surface area contributed by atoms with Crippen LogP contribution in [-0.4, -0.2) is 50.5 Å². The first-order valence-corrected chi connectivity index (χ1v) is 6.71. The fourth-order valence-electron chi connectivity index (χ4n) is 2.62. The van der Waals surface area contributed by atoms with Gasteiger partial charge in [0.05, 0.1) is 0 Å². The highest BCUT2D eigenvalue weighted by atomic mass is 19.4. The van der Waals surface area contributed by atoms with E-state index in [2.05, 4.69) is 4.98 Å². The zero-order valence-electron chi connectivity index (χ0n) is 11.7. The third-order valence-electron chi connectivity index (χ3n) is 3.95. The molecule has 2 heterocycles. The van der Waals surface area contributed by atoms with Gasteiger partial charge in [-0.2, -0.15) is 13.2 Å². The SMILES string of the molecule is Cc1nccn1C[C@@H]1CCCN1C[C@](C)(O)C(F)(F)F. The van der Waals surface area contributed by atoms with Crippen molar-refractivity contribution in [2.24, 2.45) is 0 Å². The van der Waals surface area contributed by atoms with Gasteiger partial charge in [0, 0.05) is 31.5 Å². The molecule has 1 aliphatic heterocycles. The molecule has 1 aliphatic rings. The average molecular weight is 291 g/mol. The second-order valence-electron chi connectivity index (χ2n) is 5.66. The number of hydrogen-bond donors (Lipinski definition) is 1. The van der Waals surface area contributed by atoms with Crippen molar-refractivity contribution in [2.45, 2.75) is 51.1 Å². The first-order chi connectivity index (χ1) is 9.21. The van der Waals surface area contributed by atoms with Crippen LogP contribution in [0.1, 0.15) is 25.6 Å². The molecule has 2 atom stereocenters. The number of aryl methyl sites for hydroxylation is 1. The maximum absolute atomic E-state index is 12.8. The molecule has 0 aliphatic carbocycles. The molecule has 0 amide bonds. The second-order valence-corrected chi connectivity index (χ2v) is 5.66. The minimum Gasteiger partial charge on any atom is -0.380 e. The van der Waals surface area contributed by atoms with Gasteiger partial charge in [0.1, 0.15) is 5.82 Å². The minimum atomic E-state index is -4.61. The minimum absolute atomic E-state index is 0.0109. The summed E-state index contributed by atoms with van der Waals surface area (Å²) < 4.78 is 40.2. The highest BCUT2D eigenvalue weighted by Crippen LogP contribution is 2.32. The molecule has 1 fully saturated rings. The normalized spacial score (nSPS) is 24.0. The Morgan fingerprint density at radius 2 is 2.15 bits per heavy atom. The fraction of sp³-hybridized carbons (Fsp3) is 0.769. The molecule has 7 heteroatoms. The zero-order chi connectivity index (χ0) is 15.0. The van der Waals surface area contributed by atoms with Crippen LogP contribution >= 0.6 is 0 Å². The zero-order valence-corrected chi connectivity index (χ0v) is 11.7. The molecular formula is C13H20F3N3O. The van der Waals surface area contributed by atoms with Crippen molar-refractivity contribution in [3.05, 3.63) is 18.2 Å². The van der Waals surface area contributed by atoms with Gasteiger partial charge in [0.2, 0.25) is 0 Å². The van der Waals surface area contributed by atoms with E-state index in [9.17, 15) is 18.3 Å². The standard InChI is InChI=1S/C13H20F3N3O/c1-10-17-5-7-18(10)8-11-4-3-6-19(11)9-12(2,20)13(14,15)16/h5,7,11,20H,3-4,6,8-9H2,1-2H3/t11-,12-/m0/s1. The molecule has 1 aromatic rings. The molecule has 0 bridgehead atoms. The van der Waals surface area contributed by atoms with Gasteiger partial charge in [-0.25, -0.2) is 4.98 Å². The second kappa shape index (κ2) is 5.37. The Morgan fingerprint density at radius 3 is 2.70 bits per heavy atom. The smallest absolute Gasteiger partial charge is 0.380 e. The Bertz CT molecular complexity index is 456. The Labute approximate surface area is 116 Å². The number of nitrogens with zero attached hydrogens (tertiary/aromatic N) is 3. The fourth-order valence-corrected chi connectivity index (χ4v) is 2.62. The van der Waals surface area contributed by atoms with Gasteiger partial charge >= 0.3 is 6.18 Å². The van der Waals surface area contributed by atoms with Crippen LogP contribution in [0, 0.1) is 6.92 Å². The number of hydrogen-bond acceptors (Lipinski definition) is 3. The van der Waals surface area contributed by atoms with E-state index in [0.29, 0.717) is 13.1 Å². The molecule has 114 valence electrons. The van der Waals surface area contributed by atoms with Crippen molar-refractivity contribution in [1.82, 2.24) is 14.5 Å². The van der Waals surface area contributed by atoms with Crippen LogP contribution in [0.3, 0.4) is 0 Å². The number of imidazole rings is 1. The molecule has 2 rings (SSSR count). The predicted molar refractivity (Wildman–Crippen MR) is 68.2 cm³/mol. The molecule has 0 saturated carbocycles. The van der Waals surface area contributed by atoms with Crippen LogP contribution in [0.2, 0.25) is 0 Å². The largest absolute Gasteiger partial charge is 0.418 e. The molecule has 0 radical (unpaired) electrons. The lowest BCUT2D eigenvalue weighted by Crippen LogP contribution is -2.52. The molecule has 0 unspecified atom stereocenters. The van der Waals surface area contributed by atoms with Gasteiger partial charge in [-0.1, -0.05) is 0 Å². The Hall–Kier alpha value is -1.08. The number of aliphatic hydroxyl groups is 1. The van der Waals surface area contributed by atoms with Crippen LogP contribution in [0.15, 0.2) is 12.4 Å². The Morgan fingerprint density at radius 1 is 1.45 bits per heavy atom. The van der Waals surface area contributed by atoms with Crippen LogP contribution in [0.25, 0.3) is 0 Å². The summed E-state index contributed by atoms with van der Waals surface area (Å²) >= 11 is 0. The van der Waals surface area contributed by atoms with E-state index in [1.54, 1.807) is 11.1 Å². The number of likely N-dealkylation sites (tertiary alicyclic amines) is 1. The lowest BCUT2D eigenvalue weighted by molar-refractivity contribution is -0.258. The number of alkyl halides is 3. The molecule has 1 aromatic heterocycles. The van der Waals surface area contributed by atoms with E-state index in [-0.39, 0.29) is 12.6 Å². The molecule has 0 spiro atoms. The van der Waals surface area contributed by atoms with E-state index in [4.69, 9.17) is 0 Å². The van der Waals surface area contributed by atoms with Crippen molar-refractivity contribution in [2.75, 3.05) is 13.1 Å². The summed E-state index contributed by atoms with van der Waals surface area (Å²) in [4.78, 5) is 5.84. The summed E-state index contributed by atoms with van der Waals surface area (Å²) in [6.07, 6.45) is 0.594. The van der Waals surface area contributed by atoms with Crippen molar-refractivity contribution < 1.29 is 18.3 Å². The van der Waals surface area contributed by atoms with Crippen LogP contribution in [-0.2, 0) is 6.54 Å². The van der Waals surface area contributed by atoms with Gasteiger partial charge in [0.15, 0.2) is 5.60 Å². The number of aromatic nitrogens is 2. The summed E-state index contributed by atoms with van der Waals surface area (Å²) in [7, 11) is 0. The van der Waals surface area contributed by atoms with Crippen LogP contribution in [0.5, 0.6) is 0 Å². The predicted octanol–water partition coefficient (Wildman–Crippen LogP) is 1.97. The highest BCUT2D eigenvalue weighted by molar-refractivity contribution is 4.94. The third kappa shape index (κ3) is 3.15. The van der Waals surface area contributed by atoms with Crippen LogP contribution in [0.4, 0.5) is 13.2 Å². The lowest BCUT2D eigenvalue weighted by Gasteiger charge is -2.34. The van der Waals surface area contributed by atoms with Gasteiger partial charge in [0.25, 0.3) is 0 Å². The number of halogens is 3. The highest BCUT2D eigenvalue weighted by Gasteiger charge is 2.51. The molecule has 1 N–H and O–H groups in total. The topological polar surface area (TPSA) is 41.3 Å². The van der Waals surface area contributed by atoms with Gasteiger partial charge in [-0.3, -0.25) is 4.90 Å². The van der Waals surface area contributed by atoms with Crippen molar-refractivity contribution in [3.63, 3.8) is 0 Å². The molecular weight excluding hydrogens is 271 g/mol. The van der Waals surface area contributed by atoms with E-state index >= 15 is 0 Å². The number of rotatable bonds is 4. The van der Waals surface area contributed by atoms with Gasteiger partial charge < -0.3 is 9.67 Å². The van der Waals surface area contributed by atoms with Crippen molar-refractivity contribution in [3.8, 4) is 0 Å². The summed E-state index contributed by atoms with van der Waals surface area (Å²) in [6, 6.07) is 0.0109.